The molecule has 0 radical (unpaired) electrons. The Balaban J connectivity index is 3.36. The highest BCUT2D eigenvalue weighted by Crippen LogP contribution is 2.23. The zero-order valence-electron chi connectivity index (χ0n) is 16.0. The fourth-order valence-electron chi connectivity index (χ4n) is 2.55. The summed E-state index contributed by atoms with van der Waals surface area (Å²) in [6.07, 6.45) is 17.0. The molecule has 0 fully saturated rings. The predicted molar refractivity (Wildman–Crippen MR) is 112 cm³/mol. The Hall–Kier alpha value is 0.290. The quantitative estimate of drug-likeness (QED) is 0.253. The lowest BCUT2D eigenvalue weighted by molar-refractivity contribution is -0.112. The lowest BCUT2D eigenvalue weighted by atomic mass is 10.1. The minimum absolute atomic E-state index is 0.0895. The van der Waals surface area contributed by atoms with E-state index in [1.807, 2.05) is 0 Å². The van der Waals surface area contributed by atoms with E-state index < -0.39 is 4.99 Å². The number of hydrogen-bond donors (Lipinski definition) is 2. The van der Waals surface area contributed by atoms with E-state index in [1.54, 1.807) is 0 Å². The zero-order valence-corrected chi connectivity index (χ0v) is 17.6. The van der Waals surface area contributed by atoms with Crippen LogP contribution in [0.15, 0.2) is 0 Å². The van der Waals surface area contributed by atoms with Crippen LogP contribution in [0.4, 0.5) is 0 Å². The monoisotopic (exact) mass is 376 g/mol. The third-order valence-corrected chi connectivity index (χ3v) is 6.59. The molecule has 0 aliphatic rings. The van der Waals surface area contributed by atoms with Gasteiger partial charge in [0.1, 0.15) is 0 Å². The number of rotatable bonds is 17. The van der Waals surface area contributed by atoms with Crippen molar-refractivity contribution in [2.45, 2.75) is 102 Å². The molecule has 0 saturated carbocycles. The summed E-state index contributed by atoms with van der Waals surface area (Å²) < 4.78 is 0. The Morgan fingerprint density at radius 3 is 1.62 bits per heavy atom. The Morgan fingerprint density at radius 1 is 0.708 bits per heavy atom. The number of nitrogens with two attached hydrogens (primary N) is 2. The summed E-state index contributed by atoms with van der Waals surface area (Å²) in [6, 6.07) is 0. The smallest absolute Gasteiger partial charge is 0.233 e. The first-order chi connectivity index (χ1) is 11.5. The first-order valence-corrected chi connectivity index (χ1v) is 11.9. The van der Waals surface area contributed by atoms with E-state index in [1.165, 1.54) is 94.2 Å². The van der Waals surface area contributed by atoms with Gasteiger partial charge in [0.15, 0.2) is 4.99 Å². The minimum Gasteiger partial charge on any atom is -0.298 e. The van der Waals surface area contributed by atoms with E-state index in [4.69, 9.17) is 11.5 Å². The van der Waals surface area contributed by atoms with Gasteiger partial charge >= 0.3 is 0 Å². The van der Waals surface area contributed by atoms with E-state index in [-0.39, 0.29) is 5.12 Å². The summed E-state index contributed by atoms with van der Waals surface area (Å²) in [6.45, 7) is 4.32. The average molecular weight is 377 g/mol. The van der Waals surface area contributed by atoms with E-state index in [2.05, 4.69) is 13.8 Å². The number of unbranched alkanes of at least 4 members (excludes halogenated alkanes) is 11. The number of carbonyl (C=O) groups excluding carboxylic acids is 1. The second-order valence-electron chi connectivity index (χ2n) is 6.67. The topological polar surface area (TPSA) is 69.1 Å². The van der Waals surface area contributed by atoms with Gasteiger partial charge in [-0.1, -0.05) is 96.2 Å². The van der Waals surface area contributed by atoms with Crippen LogP contribution in [0, 0.1) is 0 Å². The molecule has 24 heavy (non-hydrogen) atoms. The minimum atomic E-state index is -1.21. The van der Waals surface area contributed by atoms with Crippen LogP contribution < -0.4 is 11.5 Å². The largest absolute Gasteiger partial charge is 0.298 e. The fourth-order valence-corrected chi connectivity index (χ4v) is 4.32. The first kappa shape index (κ1) is 24.3. The SMILES string of the molecule is CCCCCCCCCCCCCCSC(N)(N)C(=O)SCCC. The van der Waals surface area contributed by atoms with Crippen molar-refractivity contribution in [3.63, 3.8) is 0 Å². The lowest BCUT2D eigenvalue weighted by Gasteiger charge is -2.21. The van der Waals surface area contributed by atoms with Gasteiger partial charge in [0.25, 0.3) is 0 Å². The fraction of sp³-hybridized carbons (Fsp3) is 0.947. The summed E-state index contributed by atoms with van der Waals surface area (Å²) in [5.74, 6) is 1.68. The van der Waals surface area contributed by atoms with Crippen molar-refractivity contribution >= 4 is 28.6 Å². The molecule has 3 nitrogen and oxygen atoms in total. The Morgan fingerprint density at radius 2 is 1.17 bits per heavy atom. The van der Waals surface area contributed by atoms with Crippen LogP contribution >= 0.6 is 23.5 Å². The van der Waals surface area contributed by atoms with Gasteiger partial charge in [-0.2, -0.15) is 0 Å². The molecule has 144 valence electrons. The normalized spacial score (nSPS) is 11.8. The number of hydrogen-bond acceptors (Lipinski definition) is 5. The molecule has 0 atom stereocenters. The molecule has 0 rings (SSSR count). The molecule has 0 heterocycles. The maximum absolute atomic E-state index is 11.9. The van der Waals surface area contributed by atoms with Crippen LogP contribution in [0.2, 0.25) is 0 Å². The first-order valence-electron chi connectivity index (χ1n) is 9.93. The van der Waals surface area contributed by atoms with Crippen molar-refractivity contribution < 1.29 is 4.79 Å². The second-order valence-corrected chi connectivity index (χ2v) is 9.11. The zero-order chi connectivity index (χ0) is 18.1. The van der Waals surface area contributed by atoms with Crippen LogP contribution in [0.5, 0.6) is 0 Å². The second kappa shape index (κ2) is 16.7. The molecule has 0 saturated heterocycles. The standard InChI is InChI=1S/C19H40N2OS2/c1-3-5-6-7-8-9-10-11-12-13-14-15-17-24-19(20,21)18(22)23-16-4-2/h3-17,20-21H2,1-2H3. The average Bonchev–Trinajstić information content (AvgIpc) is 2.56. The van der Waals surface area contributed by atoms with Gasteiger partial charge in [0.2, 0.25) is 5.12 Å². The van der Waals surface area contributed by atoms with Crippen molar-refractivity contribution in [3.8, 4) is 0 Å². The van der Waals surface area contributed by atoms with E-state index in [0.29, 0.717) is 0 Å². The molecular weight excluding hydrogens is 336 g/mol. The molecule has 0 unspecified atom stereocenters. The number of thioether (sulfide) groups is 2. The summed E-state index contributed by atoms with van der Waals surface area (Å²) in [5.41, 5.74) is 11.8. The molecule has 0 spiro atoms. The molecular formula is C19H40N2OS2. The van der Waals surface area contributed by atoms with Crippen LogP contribution in [0.3, 0.4) is 0 Å². The van der Waals surface area contributed by atoms with Gasteiger partial charge < -0.3 is 0 Å². The van der Waals surface area contributed by atoms with Crippen molar-refractivity contribution in [2.75, 3.05) is 11.5 Å². The van der Waals surface area contributed by atoms with Gasteiger partial charge in [-0.3, -0.25) is 16.3 Å². The molecule has 4 N–H and O–H groups in total. The van der Waals surface area contributed by atoms with Gasteiger partial charge in [-0.15, -0.1) is 11.8 Å². The van der Waals surface area contributed by atoms with Crippen LogP contribution in [-0.2, 0) is 4.79 Å². The summed E-state index contributed by atoms with van der Waals surface area (Å²) in [7, 11) is 0. The highest BCUT2D eigenvalue weighted by atomic mass is 32.2. The van der Waals surface area contributed by atoms with Crippen LogP contribution in [0.1, 0.15) is 97.3 Å². The van der Waals surface area contributed by atoms with E-state index >= 15 is 0 Å². The molecule has 5 heteroatoms. The Bertz CT molecular complexity index is 299. The maximum Gasteiger partial charge on any atom is 0.233 e. The molecule has 0 aliphatic heterocycles. The maximum atomic E-state index is 11.9. The molecule has 0 amide bonds. The van der Waals surface area contributed by atoms with Crippen molar-refractivity contribution in [1.82, 2.24) is 0 Å². The summed E-state index contributed by atoms with van der Waals surface area (Å²) in [5, 5.41) is -0.0895. The third-order valence-electron chi connectivity index (χ3n) is 4.10. The number of carbonyl (C=O) groups is 1. The van der Waals surface area contributed by atoms with Crippen LogP contribution in [-0.4, -0.2) is 21.6 Å². The van der Waals surface area contributed by atoms with Gasteiger partial charge in [-0.25, -0.2) is 0 Å². The van der Waals surface area contributed by atoms with Crippen molar-refractivity contribution in [2.24, 2.45) is 11.5 Å². The summed E-state index contributed by atoms with van der Waals surface area (Å²) in [4.78, 5) is 10.7. The highest BCUT2D eigenvalue weighted by Gasteiger charge is 2.29. The lowest BCUT2D eigenvalue weighted by Crippen LogP contribution is -2.52. The Kier molecular flexibility index (Phi) is 16.9. The van der Waals surface area contributed by atoms with E-state index in [0.717, 1.165) is 24.3 Å². The molecule has 0 aromatic heterocycles. The van der Waals surface area contributed by atoms with Crippen molar-refractivity contribution in [3.05, 3.63) is 0 Å². The molecule has 0 aliphatic carbocycles. The van der Waals surface area contributed by atoms with E-state index in [9.17, 15) is 4.79 Å². The molecule has 0 aromatic carbocycles. The predicted octanol–water partition coefficient (Wildman–Crippen LogP) is 5.66. The molecule has 0 aromatic rings. The van der Waals surface area contributed by atoms with Gasteiger partial charge in [0, 0.05) is 5.75 Å². The van der Waals surface area contributed by atoms with Crippen molar-refractivity contribution in [1.29, 1.82) is 0 Å². The van der Waals surface area contributed by atoms with Crippen LogP contribution in [0.25, 0.3) is 0 Å². The van der Waals surface area contributed by atoms with Gasteiger partial charge in [-0.05, 0) is 18.6 Å². The third kappa shape index (κ3) is 14.6. The Labute approximate surface area is 158 Å². The summed E-state index contributed by atoms with van der Waals surface area (Å²) >= 11 is 2.66. The molecule has 0 bridgehead atoms. The van der Waals surface area contributed by atoms with Gasteiger partial charge in [0.05, 0.1) is 0 Å². The highest BCUT2D eigenvalue weighted by molar-refractivity contribution is 8.16.